The number of aromatic nitrogens is 2. The lowest BCUT2D eigenvalue weighted by molar-refractivity contribution is -0.138. The second-order valence-electron chi connectivity index (χ2n) is 6.17. The third-order valence-corrected chi connectivity index (χ3v) is 4.13. The van der Waals surface area contributed by atoms with E-state index in [1.54, 1.807) is 24.5 Å². The molecule has 2 N–H and O–H groups in total. The highest BCUT2D eigenvalue weighted by Crippen LogP contribution is 2.33. The molecule has 0 saturated carbocycles. The molecular formula is C20H20N2O6. The van der Waals surface area contributed by atoms with Crippen LogP contribution < -0.4 is 9.47 Å². The Hall–Kier alpha value is -3.42. The Morgan fingerprint density at radius 2 is 1.18 bits per heavy atom. The molecule has 28 heavy (non-hydrogen) atoms. The van der Waals surface area contributed by atoms with E-state index in [4.69, 9.17) is 19.7 Å². The summed E-state index contributed by atoms with van der Waals surface area (Å²) in [6.07, 6.45) is 4.18. The maximum atomic E-state index is 10.6. The van der Waals surface area contributed by atoms with Crippen LogP contribution in [0.1, 0.15) is 25.7 Å². The van der Waals surface area contributed by atoms with Crippen molar-refractivity contribution in [2.45, 2.75) is 25.7 Å². The van der Waals surface area contributed by atoms with Crippen LogP contribution >= 0.6 is 0 Å². The molecule has 0 atom stereocenters. The molecule has 2 heterocycles. The van der Waals surface area contributed by atoms with E-state index in [1.807, 2.05) is 12.1 Å². The van der Waals surface area contributed by atoms with Crippen LogP contribution in [0.4, 0.5) is 0 Å². The van der Waals surface area contributed by atoms with Gasteiger partial charge in [-0.3, -0.25) is 19.6 Å². The molecule has 146 valence electrons. The molecule has 8 heteroatoms. The molecule has 8 nitrogen and oxygen atoms in total. The van der Waals surface area contributed by atoms with Crippen molar-refractivity contribution in [3.05, 3.63) is 36.7 Å². The summed E-state index contributed by atoms with van der Waals surface area (Å²) in [6.45, 7) is 0.590. The Bertz CT molecular complexity index is 924. The van der Waals surface area contributed by atoms with Gasteiger partial charge in [-0.05, 0) is 37.1 Å². The molecule has 0 aliphatic heterocycles. The number of hydrogen-bond acceptors (Lipinski definition) is 6. The van der Waals surface area contributed by atoms with Crippen molar-refractivity contribution in [2.75, 3.05) is 13.2 Å². The van der Waals surface area contributed by atoms with Gasteiger partial charge < -0.3 is 19.7 Å². The zero-order valence-corrected chi connectivity index (χ0v) is 15.1. The topological polar surface area (TPSA) is 119 Å². The third kappa shape index (κ3) is 4.64. The Balaban J connectivity index is 1.83. The summed E-state index contributed by atoms with van der Waals surface area (Å²) < 4.78 is 11.5. The van der Waals surface area contributed by atoms with Crippen LogP contribution in [0.25, 0.3) is 21.8 Å². The van der Waals surface area contributed by atoms with E-state index in [9.17, 15) is 9.59 Å². The molecule has 3 aromatic rings. The minimum absolute atomic E-state index is 0.0517. The van der Waals surface area contributed by atoms with Gasteiger partial charge in [0.2, 0.25) is 0 Å². The molecule has 2 aromatic heterocycles. The number of aliphatic carboxylic acids is 2. The Morgan fingerprint density at radius 1 is 0.750 bits per heavy atom. The fourth-order valence-corrected chi connectivity index (χ4v) is 2.84. The van der Waals surface area contributed by atoms with Crippen LogP contribution in [-0.2, 0) is 9.59 Å². The van der Waals surface area contributed by atoms with Crippen molar-refractivity contribution in [3.8, 4) is 11.5 Å². The number of hydrogen-bond donors (Lipinski definition) is 2. The number of carboxylic acid groups (broad SMARTS) is 2. The van der Waals surface area contributed by atoms with E-state index in [2.05, 4.69) is 9.97 Å². The fourth-order valence-electron chi connectivity index (χ4n) is 2.84. The first-order valence-electron chi connectivity index (χ1n) is 8.92. The zero-order valence-electron chi connectivity index (χ0n) is 15.1. The molecular weight excluding hydrogens is 364 g/mol. The van der Waals surface area contributed by atoms with Gasteiger partial charge in [-0.2, -0.15) is 0 Å². The van der Waals surface area contributed by atoms with Crippen molar-refractivity contribution in [3.63, 3.8) is 0 Å². The number of carboxylic acids is 2. The summed E-state index contributed by atoms with van der Waals surface area (Å²) in [5.41, 5.74) is 1.31. The largest absolute Gasteiger partial charge is 0.493 e. The molecule has 0 aliphatic carbocycles. The average molecular weight is 384 g/mol. The van der Waals surface area contributed by atoms with Crippen molar-refractivity contribution in [1.82, 2.24) is 9.97 Å². The third-order valence-electron chi connectivity index (χ3n) is 4.13. The van der Waals surface area contributed by atoms with Gasteiger partial charge in [0, 0.05) is 36.0 Å². The standard InChI is InChI=1S/C20H20N2O6/c23-17(24)3-1-11-27-15-7-9-21-19-13(15)5-6-14-16(8-10-22-20(14)19)28-12-2-4-18(25)26/h5-10H,1-4,11-12H2,(H,23,24)(H,25,26). The number of nitrogens with zero attached hydrogens (tertiary/aromatic N) is 2. The van der Waals surface area contributed by atoms with Gasteiger partial charge in [0.15, 0.2) is 0 Å². The van der Waals surface area contributed by atoms with Gasteiger partial charge in [0.25, 0.3) is 0 Å². The van der Waals surface area contributed by atoms with E-state index in [0.29, 0.717) is 48.6 Å². The molecule has 0 bridgehead atoms. The van der Waals surface area contributed by atoms with Crippen LogP contribution in [0.15, 0.2) is 36.7 Å². The monoisotopic (exact) mass is 384 g/mol. The summed E-state index contributed by atoms with van der Waals surface area (Å²) in [4.78, 5) is 30.1. The maximum Gasteiger partial charge on any atom is 0.303 e. The highest BCUT2D eigenvalue weighted by atomic mass is 16.5. The summed E-state index contributed by atoms with van der Waals surface area (Å²) in [5, 5.41) is 19.0. The summed E-state index contributed by atoms with van der Waals surface area (Å²) in [7, 11) is 0. The maximum absolute atomic E-state index is 10.6. The summed E-state index contributed by atoms with van der Waals surface area (Å²) in [5.74, 6) is -0.470. The molecule has 0 fully saturated rings. The molecule has 0 spiro atoms. The Kier molecular flexibility index (Phi) is 6.21. The lowest BCUT2D eigenvalue weighted by Crippen LogP contribution is -2.03. The molecule has 1 aromatic carbocycles. The number of ether oxygens (including phenoxy) is 2. The van der Waals surface area contributed by atoms with Gasteiger partial charge >= 0.3 is 11.9 Å². The number of benzene rings is 1. The van der Waals surface area contributed by atoms with Crippen molar-refractivity contribution in [2.24, 2.45) is 0 Å². The summed E-state index contributed by atoms with van der Waals surface area (Å²) >= 11 is 0. The van der Waals surface area contributed by atoms with Gasteiger partial charge in [0.05, 0.1) is 13.2 Å². The molecule has 0 saturated heterocycles. The van der Waals surface area contributed by atoms with Crippen LogP contribution in [0.2, 0.25) is 0 Å². The first kappa shape index (κ1) is 19.3. The van der Waals surface area contributed by atoms with Crippen LogP contribution in [0.5, 0.6) is 11.5 Å². The smallest absolute Gasteiger partial charge is 0.303 e. The van der Waals surface area contributed by atoms with E-state index in [0.717, 1.165) is 10.8 Å². The minimum atomic E-state index is -0.853. The van der Waals surface area contributed by atoms with Gasteiger partial charge in [0.1, 0.15) is 22.5 Å². The van der Waals surface area contributed by atoms with E-state index >= 15 is 0 Å². The molecule has 0 radical (unpaired) electrons. The van der Waals surface area contributed by atoms with Gasteiger partial charge in [-0.15, -0.1) is 0 Å². The van der Waals surface area contributed by atoms with Crippen molar-refractivity contribution < 1.29 is 29.3 Å². The quantitative estimate of drug-likeness (QED) is 0.404. The SMILES string of the molecule is O=C(O)CCCOc1ccnc2c1ccc1c(OCCCC(=O)O)ccnc12. The first-order valence-corrected chi connectivity index (χ1v) is 8.92. The number of fused-ring (bicyclic) bond motifs is 3. The van der Waals surface area contributed by atoms with Crippen LogP contribution in [0.3, 0.4) is 0 Å². The predicted molar refractivity (Wildman–Crippen MR) is 102 cm³/mol. The zero-order chi connectivity index (χ0) is 19.9. The number of pyridine rings is 2. The summed E-state index contributed by atoms with van der Waals surface area (Å²) in [6, 6.07) is 7.20. The number of carbonyl (C=O) groups is 2. The minimum Gasteiger partial charge on any atom is -0.493 e. The van der Waals surface area contributed by atoms with Gasteiger partial charge in [-0.1, -0.05) is 0 Å². The van der Waals surface area contributed by atoms with Crippen molar-refractivity contribution in [1.29, 1.82) is 0 Å². The molecule has 3 rings (SSSR count). The van der Waals surface area contributed by atoms with Crippen molar-refractivity contribution >= 4 is 33.7 Å². The second kappa shape index (κ2) is 8.98. The second-order valence-corrected chi connectivity index (χ2v) is 6.17. The fraction of sp³-hybridized carbons (Fsp3) is 0.300. The van der Waals surface area contributed by atoms with Gasteiger partial charge in [-0.25, -0.2) is 0 Å². The highest BCUT2D eigenvalue weighted by molar-refractivity contribution is 6.06. The lowest BCUT2D eigenvalue weighted by atomic mass is 10.1. The average Bonchev–Trinajstić information content (AvgIpc) is 2.68. The van der Waals surface area contributed by atoms with Crippen LogP contribution in [-0.4, -0.2) is 45.3 Å². The molecule has 0 amide bonds. The normalized spacial score (nSPS) is 10.9. The van der Waals surface area contributed by atoms with E-state index in [1.165, 1.54) is 0 Å². The Labute approximate surface area is 160 Å². The number of rotatable bonds is 10. The molecule has 0 aliphatic rings. The highest BCUT2D eigenvalue weighted by Gasteiger charge is 2.11. The Morgan fingerprint density at radius 3 is 1.57 bits per heavy atom. The molecule has 0 unspecified atom stereocenters. The first-order chi connectivity index (χ1) is 13.6. The van der Waals surface area contributed by atoms with E-state index in [-0.39, 0.29) is 12.8 Å². The lowest BCUT2D eigenvalue weighted by Gasteiger charge is -2.12. The van der Waals surface area contributed by atoms with E-state index < -0.39 is 11.9 Å². The predicted octanol–water partition coefficient (Wildman–Crippen LogP) is 3.27. The van der Waals surface area contributed by atoms with Crippen LogP contribution in [0, 0.1) is 0 Å².